The zero-order chi connectivity index (χ0) is 12.9. The van der Waals surface area contributed by atoms with Crippen molar-refractivity contribution in [1.29, 1.82) is 0 Å². The predicted molar refractivity (Wildman–Crippen MR) is 77.8 cm³/mol. The minimum Gasteiger partial charge on any atom is -0.385 e. The number of hydrogen-bond acceptors (Lipinski definition) is 1. The SMILES string of the molecule is OC1(C2=CCCCCCC2)C2CC3CC(C2)CC1C3. The molecule has 0 aromatic heterocycles. The molecule has 1 N–H and O–H groups in total. The average Bonchev–Trinajstić information content (AvgIpc) is 2.34. The molecule has 4 saturated carbocycles. The van der Waals surface area contributed by atoms with Crippen LogP contribution in [-0.4, -0.2) is 10.7 Å². The van der Waals surface area contributed by atoms with Gasteiger partial charge in [0.15, 0.2) is 0 Å². The summed E-state index contributed by atoms with van der Waals surface area (Å²) in [7, 11) is 0. The van der Waals surface area contributed by atoms with Crippen molar-refractivity contribution in [2.24, 2.45) is 23.7 Å². The third kappa shape index (κ3) is 1.92. The quantitative estimate of drug-likeness (QED) is 0.690. The fraction of sp³-hybridized carbons (Fsp3) is 0.889. The van der Waals surface area contributed by atoms with E-state index >= 15 is 0 Å². The van der Waals surface area contributed by atoms with Gasteiger partial charge < -0.3 is 5.11 Å². The topological polar surface area (TPSA) is 20.2 Å². The molecule has 0 aromatic carbocycles. The second kappa shape index (κ2) is 4.62. The summed E-state index contributed by atoms with van der Waals surface area (Å²) in [6.07, 6.45) is 17.0. The maximum absolute atomic E-state index is 11.6. The van der Waals surface area contributed by atoms with E-state index in [0.717, 1.165) is 11.8 Å². The number of rotatable bonds is 1. The highest BCUT2D eigenvalue weighted by Gasteiger charge is 2.57. The lowest BCUT2D eigenvalue weighted by atomic mass is 9.48. The smallest absolute Gasteiger partial charge is 0.0913 e. The Labute approximate surface area is 117 Å². The number of hydrogen-bond donors (Lipinski definition) is 1. The van der Waals surface area contributed by atoms with Crippen LogP contribution in [0, 0.1) is 23.7 Å². The molecule has 0 atom stereocenters. The lowest BCUT2D eigenvalue weighted by Crippen LogP contribution is -2.58. The van der Waals surface area contributed by atoms with Crippen molar-refractivity contribution >= 4 is 0 Å². The van der Waals surface area contributed by atoms with Crippen molar-refractivity contribution in [3.63, 3.8) is 0 Å². The first-order valence-corrected chi connectivity index (χ1v) is 8.68. The molecule has 0 aliphatic heterocycles. The molecule has 0 amide bonds. The van der Waals surface area contributed by atoms with Crippen molar-refractivity contribution in [3.8, 4) is 0 Å². The average molecular weight is 260 g/mol. The number of aliphatic hydroxyl groups is 1. The van der Waals surface area contributed by atoms with Gasteiger partial charge in [-0.1, -0.05) is 18.9 Å². The Morgan fingerprint density at radius 3 is 2.16 bits per heavy atom. The van der Waals surface area contributed by atoms with Crippen molar-refractivity contribution < 1.29 is 5.11 Å². The van der Waals surface area contributed by atoms with Gasteiger partial charge in [-0.2, -0.15) is 0 Å². The molecule has 0 radical (unpaired) electrons. The molecule has 0 heterocycles. The number of allylic oxidation sites excluding steroid dienone is 1. The van der Waals surface area contributed by atoms with Gasteiger partial charge in [0.05, 0.1) is 5.60 Å². The van der Waals surface area contributed by atoms with Crippen LogP contribution >= 0.6 is 0 Å². The summed E-state index contributed by atoms with van der Waals surface area (Å²) in [6, 6.07) is 0. The standard InChI is InChI=1S/C18H28O/c19-18(15-6-4-2-1-3-5-7-15)16-9-13-8-14(11-16)12-17(18)10-13/h6,13-14,16-17,19H,1-5,7-12H2. The van der Waals surface area contributed by atoms with Gasteiger partial charge in [0.1, 0.15) is 0 Å². The van der Waals surface area contributed by atoms with E-state index in [-0.39, 0.29) is 5.60 Å². The molecule has 1 heteroatoms. The van der Waals surface area contributed by atoms with Crippen molar-refractivity contribution in [2.75, 3.05) is 0 Å². The zero-order valence-electron chi connectivity index (χ0n) is 12.1. The molecule has 4 fully saturated rings. The summed E-state index contributed by atoms with van der Waals surface area (Å²) < 4.78 is 0. The van der Waals surface area contributed by atoms with E-state index in [1.165, 1.54) is 76.2 Å². The highest BCUT2D eigenvalue weighted by Crippen LogP contribution is 2.60. The van der Waals surface area contributed by atoms with Crippen LogP contribution in [0.25, 0.3) is 0 Å². The summed E-state index contributed by atoms with van der Waals surface area (Å²) in [5.74, 6) is 3.12. The van der Waals surface area contributed by atoms with E-state index in [2.05, 4.69) is 6.08 Å². The molecule has 0 saturated heterocycles. The molecular weight excluding hydrogens is 232 g/mol. The molecule has 5 aliphatic carbocycles. The molecule has 19 heavy (non-hydrogen) atoms. The van der Waals surface area contributed by atoms with Gasteiger partial charge in [0.2, 0.25) is 0 Å². The molecule has 0 aromatic rings. The Morgan fingerprint density at radius 1 is 0.842 bits per heavy atom. The van der Waals surface area contributed by atoms with Gasteiger partial charge in [0.25, 0.3) is 0 Å². The molecule has 0 unspecified atom stereocenters. The first-order chi connectivity index (χ1) is 9.27. The van der Waals surface area contributed by atoms with E-state index in [1.807, 2.05) is 0 Å². The van der Waals surface area contributed by atoms with E-state index in [1.54, 1.807) is 0 Å². The molecule has 5 rings (SSSR count). The maximum Gasteiger partial charge on any atom is 0.0913 e. The lowest BCUT2D eigenvalue weighted by Gasteiger charge is -2.60. The molecule has 1 nitrogen and oxygen atoms in total. The first kappa shape index (κ1) is 12.4. The fourth-order valence-electron chi connectivity index (χ4n) is 5.98. The van der Waals surface area contributed by atoms with Gasteiger partial charge in [-0.15, -0.1) is 0 Å². The van der Waals surface area contributed by atoms with Crippen molar-refractivity contribution in [1.82, 2.24) is 0 Å². The van der Waals surface area contributed by atoms with Crippen LogP contribution in [0.4, 0.5) is 0 Å². The van der Waals surface area contributed by atoms with Crippen LogP contribution in [0.3, 0.4) is 0 Å². The molecule has 4 bridgehead atoms. The monoisotopic (exact) mass is 260 g/mol. The Kier molecular flexibility index (Phi) is 3.02. The summed E-state index contributed by atoms with van der Waals surface area (Å²) in [4.78, 5) is 0. The van der Waals surface area contributed by atoms with E-state index in [9.17, 15) is 5.11 Å². The Balaban J connectivity index is 1.64. The normalized spacial score (nSPS) is 49.6. The first-order valence-electron chi connectivity index (χ1n) is 8.68. The van der Waals surface area contributed by atoms with Gasteiger partial charge in [-0.05, 0) is 87.0 Å². The Hall–Kier alpha value is -0.300. The maximum atomic E-state index is 11.6. The van der Waals surface area contributed by atoms with Gasteiger partial charge in [-0.3, -0.25) is 0 Å². The van der Waals surface area contributed by atoms with Gasteiger partial charge in [0, 0.05) is 0 Å². The molecule has 5 aliphatic rings. The molecule has 106 valence electrons. The van der Waals surface area contributed by atoms with Gasteiger partial charge >= 0.3 is 0 Å². The predicted octanol–water partition coefficient (Wildman–Crippen LogP) is 4.45. The summed E-state index contributed by atoms with van der Waals surface area (Å²) in [6.45, 7) is 0. The summed E-state index contributed by atoms with van der Waals surface area (Å²) >= 11 is 0. The highest BCUT2D eigenvalue weighted by molar-refractivity contribution is 5.25. The Morgan fingerprint density at radius 2 is 1.47 bits per heavy atom. The van der Waals surface area contributed by atoms with Crippen LogP contribution in [0.5, 0.6) is 0 Å². The van der Waals surface area contributed by atoms with Crippen LogP contribution in [0.2, 0.25) is 0 Å². The molecule has 0 spiro atoms. The second-order valence-electron chi connectivity index (χ2n) is 7.81. The summed E-state index contributed by atoms with van der Waals surface area (Å²) in [5, 5.41) is 11.6. The van der Waals surface area contributed by atoms with Crippen LogP contribution in [-0.2, 0) is 0 Å². The zero-order valence-corrected chi connectivity index (χ0v) is 12.1. The van der Waals surface area contributed by atoms with Crippen LogP contribution < -0.4 is 0 Å². The minimum atomic E-state index is -0.384. The summed E-state index contributed by atoms with van der Waals surface area (Å²) in [5.41, 5.74) is 1.08. The van der Waals surface area contributed by atoms with E-state index in [4.69, 9.17) is 0 Å². The highest BCUT2D eigenvalue weighted by atomic mass is 16.3. The van der Waals surface area contributed by atoms with Crippen LogP contribution in [0.1, 0.15) is 70.6 Å². The largest absolute Gasteiger partial charge is 0.385 e. The van der Waals surface area contributed by atoms with E-state index < -0.39 is 0 Å². The third-order valence-electron chi connectivity index (χ3n) is 6.69. The lowest BCUT2D eigenvalue weighted by molar-refractivity contribution is -0.151. The van der Waals surface area contributed by atoms with E-state index in [0.29, 0.717) is 11.8 Å². The molecular formula is C18H28O. The minimum absolute atomic E-state index is 0.384. The van der Waals surface area contributed by atoms with Crippen molar-refractivity contribution in [2.45, 2.75) is 76.2 Å². The van der Waals surface area contributed by atoms with Crippen molar-refractivity contribution in [3.05, 3.63) is 11.6 Å². The second-order valence-corrected chi connectivity index (χ2v) is 7.81. The fourth-order valence-corrected chi connectivity index (χ4v) is 5.98. The van der Waals surface area contributed by atoms with Crippen LogP contribution in [0.15, 0.2) is 11.6 Å². The third-order valence-corrected chi connectivity index (χ3v) is 6.69. The Bertz CT molecular complexity index is 353. The van der Waals surface area contributed by atoms with Gasteiger partial charge in [-0.25, -0.2) is 0 Å².